The van der Waals surface area contributed by atoms with Gasteiger partial charge in [0.1, 0.15) is 11.3 Å². The van der Waals surface area contributed by atoms with Crippen LogP contribution in [0.1, 0.15) is 27.7 Å². The molecule has 0 fully saturated rings. The number of thiazole rings is 1. The van der Waals surface area contributed by atoms with Crippen LogP contribution >= 0.6 is 27.3 Å². The maximum absolute atomic E-state index is 13.4. The van der Waals surface area contributed by atoms with E-state index in [-0.39, 0.29) is 17.1 Å². The van der Waals surface area contributed by atoms with Crippen molar-refractivity contribution in [2.45, 2.75) is 6.04 Å². The topological polar surface area (TPSA) is 72.6 Å². The van der Waals surface area contributed by atoms with E-state index in [1.165, 1.54) is 16.2 Å². The molecule has 0 aliphatic carbocycles. The van der Waals surface area contributed by atoms with E-state index in [0.717, 1.165) is 10.0 Å². The Hall–Kier alpha value is -2.97. The van der Waals surface area contributed by atoms with Gasteiger partial charge in [0.2, 0.25) is 5.76 Å². The summed E-state index contributed by atoms with van der Waals surface area (Å²) < 4.78 is 11.9. The van der Waals surface area contributed by atoms with E-state index >= 15 is 0 Å². The average Bonchev–Trinajstić information content (AvgIpc) is 3.35. The summed E-state index contributed by atoms with van der Waals surface area (Å²) in [6, 6.07) is 11.8. The number of carbonyl (C=O) groups is 1. The lowest BCUT2D eigenvalue weighted by Crippen LogP contribution is -2.29. The highest BCUT2D eigenvalue weighted by atomic mass is 79.9. The highest BCUT2D eigenvalue weighted by Gasteiger charge is 2.44. The van der Waals surface area contributed by atoms with Crippen LogP contribution in [0.3, 0.4) is 0 Å². The van der Waals surface area contributed by atoms with Crippen molar-refractivity contribution in [1.29, 1.82) is 0 Å². The fourth-order valence-corrected chi connectivity index (χ4v) is 4.61. The number of hydrogen-bond acceptors (Lipinski definition) is 6. The van der Waals surface area contributed by atoms with Crippen LogP contribution in [0.5, 0.6) is 5.75 Å². The Labute approximate surface area is 177 Å². The number of hydrogen-bond donors (Lipinski definition) is 0. The van der Waals surface area contributed by atoms with Crippen LogP contribution in [0.15, 0.2) is 67.7 Å². The molecule has 1 atom stereocenters. The first kappa shape index (κ1) is 18.1. The molecule has 0 saturated heterocycles. The van der Waals surface area contributed by atoms with Gasteiger partial charge in [-0.05, 0) is 35.9 Å². The molecule has 1 amide bonds. The molecule has 0 N–H and O–H groups in total. The van der Waals surface area contributed by atoms with Gasteiger partial charge in [-0.15, -0.1) is 11.3 Å². The number of nitrogens with zero attached hydrogens (tertiary/aromatic N) is 2. The predicted molar refractivity (Wildman–Crippen MR) is 114 cm³/mol. The lowest BCUT2D eigenvalue weighted by molar-refractivity contribution is 0.0971. The van der Waals surface area contributed by atoms with Crippen LogP contribution in [-0.2, 0) is 0 Å². The standard InChI is InChI=1S/C21H13BrN2O4S/c1-27-13-5-2-11(3-6-13)17-16-18(25)14-10-12(22)4-7-15(14)28-19(16)20(26)24(17)21-23-8-9-29-21/h2-10,17H,1H3/t17-/m1/s1. The monoisotopic (exact) mass is 468 g/mol. The summed E-state index contributed by atoms with van der Waals surface area (Å²) in [5.41, 5.74) is 1.24. The third-order valence-electron chi connectivity index (χ3n) is 4.89. The van der Waals surface area contributed by atoms with Crippen molar-refractivity contribution in [2.24, 2.45) is 0 Å². The van der Waals surface area contributed by atoms with Gasteiger partial charge < -0.3 is 9.15 Å². The third-order valence-corrected chi connectivity index (χ3v) is 6.15. The molecular formula is C21H13BrN2O4S. The van der Waals surface area contributed by atoms with E-state index in [9.17, 15) is 9.59 Å². The van der Waals surface area contributed by atoms with E-state index in [0.29, 0.717) is 27.4 Å². The Bertz CT molecular complexity index is 1300. The molecule has 4 aromatic rings. The largest absolute Gasteiger partial charge is 0.497 e. The van der Waals surface area contributed by atoms with Gasteiger partial charge in [0.05, 0.1) is 24.1 Å². The maximum atomic E-state index is 13.4. The number of methoxy groups -OCH3 is 1. The normalized spacial score (nSPS) is 15.7. The molecule has 1 aliphatic rings. The molecule has 0 spiro atoms. The van der Waals surface area contributed by atoms with Crippen molar-refractivity contribution in [1.82, 2.24) is 4.98 Å². The summed E-state index contributed by atoms with van der Waals surface area (Å²) in [5.74, 6) is 0.368. The van der Waals surface area contributed by atoms with Gasteiger partial charge in [0, 0.05) is 16.0 Å². The molecule has 0 radical (unpaired) electrons. The molecule has 6 nitrogen and oxygen atoms in total. The highest BCUT2D eigenvalue weighted by Crippen LogP contribution is 2.42. The first-order chi connectivity index (χ1) is 14.1. The Morgan fingerprint density at radius 3 is 2.66 bits per heavy atom. The number of aromatic nitrogens is 1. The van der Waals surface area contributed by atoms with Gasteiger partial charge >= 0.3 is 0 Å². The molecule has 8 heteroatoms. The van der Waals surface area contributed by atoms with E-state index in [2.05, 4.69) is 20.9 Å². The lowest BCUT2D eigenvalue weighted by atomic mass is 9.98. The summed E-state index contributed by atoms with van der Waals surface area (Å²) in [5, 5.41) is 2.72. The van der Waals surface area contributed by atoms with Crippen molar-refractivity contribution in [3.63, 3.8) is 0 Å². The van der Waals surface area contributed by atoms with Crippen LogP contribution in [-0.4, -0.2) is 18.0 Å². The van der Waals surface area contributed by atoms with Gasteiger partial charge in [0.25, 0.3) is 5.91 Å². The first-order valence-electron chi connectivity index (χ1n) is 8.71. The van der Waals surface area contributed by atoms with Crippen molar-refractivity contribution in [2.75, 3.05) is 12.0 Å². The van der Waals surface area contributed by atoms with Gasteiger partial charge in [0.15, 0.2) is 10.6 Å². The number of fused-ring (bicyclic) bond motifs is 2. The van der Waals surface area contributed by atoms with Crippen LogP contribution < -0.4 is 15.1 Å². The maximum Gasteiger partial charge on any atom is 0.297 e. The predicted octanol–water partition coefficient (Wildman–Crippen LogP) is 4.77. The second kappa shape index (κ2) is 6.82. The van der Waals surface area contributed by atoms with Crippen molar-refractivity contribution in [3.8, 4) is 5.75 Å². The smallest absolute Gasteiger partial charge is 0.297 e. The second-order valence-corrected chi connectivity index (χ2v) is 8.27. The molecule has 1 aliphatic heterocycles. The molecule has 2 aromatic carbocycles. The minimum Gasteiger partial charge on any atom is -0.497 e. The fourth-order valence-electron chi connectivity index (χ4n) is 3.58. The summed E-state index contributed by atoms with van der Waals surface area (Å²) in [4.78, 5) is 32.6. The molecule has 29 heavy (non-hydrogen) atoms. The zero-order valence-corrected chi connectivity index (χ0v) is 17.5. The zero-order chi connectivity index (χ0) is 20.1. The highest BCUT2D eigenvalue weighted by molar-refractivity contribution is 9.10. The third kappa shape index (κ3) is 2.79. The van der Waals surface area contributed by atoms with Gasteiger partial charge in [-0.2, -0.15) is 0 Å². The van der Waals surface area contributed by atoms with Crippen molar-refractivity contribution in [3.05, 3.63) is 85.6 Å². The van der Waals surface area contributed by atoms with Gasteiger partial charge in [-0.25, -0.2) is 4.98 Å². The van der Waals surface area contributed by atoms with Crippen LogP contribution in [0.4, 0.5) is 5.13 Å². The summed E-state index contributed by atoms with van der Waals surface area (Å²) in [7, 11) is 1.59. The Morgan fingerprint density at radius 2 is 1.97 bits per heavy atom. The number of ether oxygens (including phenoxy) is 1. The van der Waals surface area contributed by atoms with Crippen LogP contribution in [0.2, 0.25) is 0 Å². The minimum atomic E-state index is -0.630. The number of anilines is 1. The Balaban J connectivity index is 1.80. The SMILES string of the molecule is COc1ccc([C@@H]2c3c(oc4ccc(Br)cc4c3=O)C(=O)N2c2nccs2)cc1. The molecule has 144 valence electrons. The second-order valence-electron chi connectivity index (χ2n) is 6.48. The number of carbonyl (C=O) groups excluding carboxylic acids is 1. The van der Waals surface area contributed by atoms with Gasteiger partial charge in [-0.3, -0.25) is 14.5 Å². The quantitative estimate of drug-likeness (QED) is 0.432. The zero-order valence-electron chi connectivity index (χ0n) is 15.1. The molecule has 2 aromatic heterocycles. The van der Waals surface area contributed by atoms with E-state index < -0.39 is 6.04 Å². The Morgan fingerprint density at radius 1 is 1.17 bits per heavy atom. The van der Waals surface area contributed by atoms with Crippen LogP contribution in [0.25, 0.3) is 11.0 Å². The average molecular weight is 469 g/mol. The summed E-state index contributed by atoms with van der Waals surface area (Å²) in [6.07, 6.45) is 1.63. The molecule has 0 saturated carbocycles. The number of benzene rings is 2. The molecule has 5 rings (SSSR count). The molecule has 0 unspecified atom stereocenters. The number of rotatable bonds is 3. The molecule has 0 bridgehead atoms. The van der Waals surface area contributed by atoms with Crippen molar-refractivity contribution >= 4 is 49.3 Å². The summed E-state index contributed by atoms with van der Waals surface area (Å²) in [6.45, 7) is 0. The first-order valence-corrected chi connectivity index (χ1v) is 10.4. The summed E-state index contributed by atoms with van der Waals surface area (Å²) >= 11 is 4.73. The van der Waals surface area contributed by atoms with Crippen molar-refractivity contribution < 1.29 is 13.9 Å². The fraction of sp³-hybridized carbons (Fsp3) is 0.0952. The van der Waals surface area contributed by atoms with E-state index in [1.807, 2.05) is 12.1 Å². The van der Waals surface area contributed by atoms with E-state index in [1.54, 1.807) is 49.0 Å². The van der Waals surface area contributed by atoms with E-state index in [4.69, 9.17) is 9.15 Å². The molecule has 3 heterocycles. The Kier molecular flexibility index (Phi) is 4.25. The molecular weight excluding hydrogens is 456 g/mol. The number of amides is 1. The minimum absolute atomic E-state index is 0.0563. The van der Waals surface area contributed by atoms with Gasteiger partial charge in [-0.1, -0.05) is 28.1 Å². The number of halogens is 1. The lowest BCUT2D eigenvalue weighted by Gasteiger charge is -2.22. The van der Waals surface area contributed by atoms with Crippen LogP contribution in [0, 0.1) is 0 Å².